The second-order valence-electron chi connectivity index (χ2n) is 7.54. The zero-order valence-corrected chi connectivity index (χ0v) is 15.5. The summed E-state index contributed by atoms with van der Waals surface area (Å²) in [7, 11) is 0. The largest absolute Gasteiger partial charge is 0.379 e. The summed E-state index contributed by atoms with van der Waals surface area (Å²) >= 11 is 0. The Hall–Kier alpha value is -0.940. The molecule has 1 aromatic carbocycles. The average molecular weight is 332 g/mol. The van der Waals surface area contributed by atoms with Gasteiger partial charge in [-0.3, -0.25) is 9.80 Å². The SMILES string of the molecule is CC(C)c1ccc(C(CN2CCOCC2)N2CCNCC2C)cc1. The molecule has 0 radical (unpaired) electrons. The van der Waals surface area contributed by atoms with Gasteiger partial charge in [-0.2, -0.15) is 0 Å². The molecule has 2 saturated heterocycles. The summed E-state index contributed by atoms with van der Waals surface area (Å²) in [6.45, 7) is 15.1. The van der Waals surface area contributed by atoms with Gasteiger partial charge in [-0.05, 0) is 24.0 Å². The van der Waals surface area contributed by atoms with Gasteiger partial charge >= 0.3 is 0 Å². The summed E-state index contributed by atoms with van der Waals surface area (Å²) in [6.07, 6.45) is 0. The van der Waals surface area contributed by atoms with Crippen LogP contribution in [0, 0.1) is 0 Å². The lowest BCUT2D eigenvalue weighted by atomic mass is 9.96. The Morgan fingerprint density at radius 2 is 1.75 bits per heavy atom. The number of rotatable bonds is 5. The van der Waals surface area contributed by atoms with Crippen LogP contribution < -0.4 is 5.32 Å². The quantitative estimate of drug-likeness (QED) is 0.897. The highest BCUT2D eigenvalue weighted by molar-refractivity contribution is 5.27. The second kappa shape index (κ2) is 8.43. The predicted molar refractivity (Wildman–Crippen MR) is 99.6 cm³/mol. The van der Waals surface area contributed by atoms with Crippen molar-refractivity contribution < 1.29 is 4.74 Å². The van der Waals surface area contributed by atoms with Gasteiger partial charge in [0.1, 0.15) is 0 Å². The highest BCUT2D eigenvalue weighted by Gasteiger charge is 2.29. The van der Waals surface area contributed by atoms with Crippen LogP contribution in [-0.4, -0.2) is 68.3 Å². The zero-order chi connectivity index (χ0) is 16.9. The molecule has 4 heteroatoms. The fourth-order valence-corrected chi connectivity index (χ4v) is 3.85. The van der Waals surface area contributed by atoms with Crippen LogP contribution in [0.5, 0.6) is 0 Å². The molecular weight excluding hydrogens is 298 g/mol. The first kappa shape index (κ1) is 17.9. The van der Waals surface area contributed by atoms with E-state index in [9.17, 15) is 0 Å². The fourth-order valence-electron chi connectivity index (χ4n) is 3.85. The standard InChI is InChI=1S/C20H33N3O/c1-16(2)18-4-6-19(7-5-18)20(15-22-10-12-24-13-11-22)23-9-8-21-14-17(23)3/h4-7,16-17,20-21H,8-15H2,1-3H3. The van der Waals surface area contributed by atoms with Crippen LogP contribution in [0.3, 0.4) is 0 Å². The van der Waals surface area contributed by atoms with Crippen LogP contribution in [0.15, 0.2) is 24.3 Å². The summed E-state index contributed by atoms with van der Waals surface area (Å²) in [5.41, 5.74) is 2.89. The Balaban J connectivity index is 1.79. The number of nitrogens with zero attached hydrogens (tertiary/aromatic N) is 2. The minimum absolute atomic E-state index is 0.474. The Labute approximate surface area is 147 Å². The molecule has 1 aromatic rings. The van der Waals surface area contributed by atoms with Crippen molar-refractivity contribution >= 4 is 0 Å². The van der Waals surface area contributed by atoms with E-state index in [0.717, 1.165) is 52.5 Å². The lowest BCUT2D eigenvalue weighted by Crippen LogP contribution is -2.53. The van der Waals surface area contributed by atoms with E-state index < -0.39 is 0 Å². The number of benzene rings is 1. The predicted octanol–water partition coefficient (Wildman–Crippen LogP) is 2.48. The molecule has 0 aliphatic carbocycles. The lowest BCUT2D eigenvalue weighted by molar-refractivity contribution is 0.0138. The zero-order valence-electron chi connectivity index (χ0n) is 15.5. The van der Waals surface area contributed by atoms with E-state index >= 15 is 0 Å². The normalized spacial score (nSPS) is 25.1. The van der Waals surface area contributed by atoms with Crippen molar-refractivity contribution in [1.82, 2.24) is 15.1 Å². The molecule has 0 bridgehead atoms. The first-order valence-electron chi connectivity index (χ1n) is 9.51. The molecule has 0 spiro atoms. The molecular formula is C20H33N3O. The fraction of sp³-hybridized carbons (Fsp3) is 0.700. The van der Waals surface area contributed by atoms with Crippen molar-refractivity contribution in [2.45, 2.75) is 38.8 Å². The smallest absolute Gasteiger partial charge is 0.0594 e. The average Bonchev–Trinajstić information content (AvgIpc) is 2.61. The van der Waals surface area contributed by atoms with E-state index in [1.165, 1.54) is 11.1 Å². The third-order valence-electron chi connectivity index (χ3n) is 5.48. The highest BCUT2D eigenvalue weighted by atomic mass is 16.5. The van der Waals surface area contributed by atoms with Gasteiger partial charge in [0.15, 0.2) is 0 Å². The maximum atomic E-state index is 5.53. The second-order valence-corrected chi connectivity index (χ2v) is 7.54. The lowest BCUT2D eigenvalue weighted by Gasteiger charge is -2.42. The van der Waals surface area contributed by atoms with E-state index in [1.807, 2.05) is 0 Å². The monoisotopic (exact) mass is 331 g/mol. The minimum atomic E-state index is 0.474. The van der Waals surface area contributed by atoms with Gasteiger partial charge in [-0.15, -0.1) is 0 Å². The molecule has 1 N–H and O–H groups in total. The van der Waals surface area contributed by atoms with Crippen LogP contribution in [0.2, 0.25) is 0 Å². The molecule has 0 saturated carbocycles. The topological polar surface area (TPSA) is 27.7 Å². The van der Waals surface area contributed by atoms with Crippen molar-refractivity contribution in [3.8, 4) is 0 Å². The maximum absolute atomic E-state index is 5.53. The van der Waals surface area contributed by atoms with Gasteiger partial charge < -0.3 is 10.1 Å². The minimum Gasteiger partial charge on any atom is -0.379 e. The Kier molecular flexibility index (Phi) is 6.28. The number of ether oxygens (including phenoxy) is 1. The van der Waals surface area contributed by atoms with Gasteiger partial charge in [0.05, 0.1) is 13.2 Å². The Morgan fingerprint density at radius 1 is 1.08 bits per heavy atom. The van der Waals surface area contributed by atoms with E-state index in [0.29, 0.717) is 18.0 Å². The van der Waals surface area contributed by atoms with Crippen LogP contribution >= 0.6 is 0 Å². The van der Waals surface area contributed by atoms with Gasteiger partial charge in [-0.25, -0.2) is 0 Å². The van der Waals surface area contributed by atoms with E-state index in [4.69, 9.17) is 4.74 Å². The first-order valence-corrected chi connectivity index (χ1v) is 9.51. The number of hydrogen-bond donors (Lipinski definition) is 1. The number of morpholine rings is 1. The third-order valence-corrected chi connectivity index (χ3v) is 5.48. The molecule has 2 aliphatic heterocycles. The van der Waals surface area contributed by atoms with E-state index in [1.54, 1.807) is 0 Å². The van der Waals surface area contributed by atoms with Crippen LogP contribution in [0.4, 0.5) is 0 Å². The maximum Gasteiger partial charge on any atom is 0.0594 e. The molecule has 0 amide bonds. The van der Waals surface area contributed by atoms with Crippen molar-refractivity contribution in [2.24, 2.45) is 0 Å². The van der Waals surface area contributed by atoms with Crippen molar-refractivity contribution in [3.05, 3.63) is 35.4 Å². The number of piperazine rings is 1. The molecule has 24 heavy (non-hydrogen) atoms. The van der Waals surface area contributed by atoms with Gasteiger partial charge in [-0.1, -0.05) is 38.1 Å². The van der Waals surface area contributed by atoms with Crippen LogP contribution in [-0.2, 0) is 4.74 Å². The molecule has 4 nitrogen and oxygen atoms in total. The van der Waals surface area contributed by atoms with Gasteiger partial charge in [0.25, 0.3) is 0 Å². The highest BCUT2D eigenvalue weighted by Crippen LogP contribution is 2.27. The molecule has 3 rings (SSSR count). The van der Waals surface area contributed by atoms with Gasteiger partial charge in [0, 0.05) is 51.4 Å². The van der Waals surface area contributed by atoms with E-state index in [2.05, 4.69) is 60.2 Å². The first-order chi connectivity index (χ1) is 11.6. The summed E-state index contributed by atoms with van der Waals surface area (Å²) in [5, 5.41) is 3.52. The Morgan fingerprint density at radius 3 is 2.38 bits per heavy atom. The van der Waals surface area contributed by atoms with Crippen molar-refractivity contribution in [3.63, 3.8) is 0 Å². The summed E-state index contributed by atoms with van der Waals surface area (Å²) in [5.74, 6) is 0.592. The molecule has 134 valence electrons. The third kappa shape index (κ3) is 4.37. The Bertz CT molecular complexity index is 496. The summed E-state index contributed by atoms with van der Waals surface area (Å²) in [6, 6.07) is 10.4. The summed E-state index contributed by atoms with van der Waals surface area (Å²) < 4.78 is 5.53. The van der Waals surface area contributed by atoms with Crippen molar-refractivity contribution in [2.75, 3.05) is 52.5 Å². The molecule has 2 heterocycles. The van der Waals surface area contributed by atoms with Crippen LogP contribution in [0.1, 0.15) is 43.9 Å². The summed E-state index contributed by atoms with van der Waals surface area (Å²) in [4.78, 5) is 5.26. The molecule has 0 aromatic heterocycles. The van der Waals surface area contributed by atoms with E-state index in [-0.39, 0.29) is 0 Å². The number of hydrogen-bond acceptors (Lipinski definition) is 4. The molecule has 2 unspecified atom stereocenters. The molecule has 2 aliphatic rings. The van der Waals surface area contributed by atoms with Crippen molar-refractivity contribution in [1.29, 1.82) is 0 Å². The number of nitrogens with one attached hydrogen (secondary N) is 1. The van der Waals surface area contributed by atoms with Crippen LogP contribution in [0.25, 0.3) is 0 Å². The molecule has 2 atom stereocenters. The van der Waals surface area contributed by atoms with Gasteiger partial charge in [0.2, 0.25) is 0 Å². The molecule has 2 fully saturated rings.